The lowest BCUT2D eigenvalue weighted by Gasteiger charge is -2.42. The highest BCUT2D eigenvalue weighted by Crippen LogP contribution is 2.35. The Morgan fingerprint density at radius 2 is 2.16 bits per heavy atom. The number of aromatic nitrogens is 1. The Morgan fingerprint density at radius 3 is 2.89 bits per heavy atom. The zero-order valence-electron chi connectivity index (χ0n) is 10.7. The fourth-order valence-electron chi connectivity index (χ4n) is 2.72. The molecule has 1 atom stereocenters. The second-order valence-corrected chi connectivity index (χ2v) is 5.73. The van der Waals surface area contributed by atoms with E-state index in [4.69, 9.17) is 4.74 Å². The van der Waals surface area contributed by atoms with E-state index in [1.54, 1.807) is 0 Å². The van der Waals surface area contributed by atoms with E-state index in [9.17, 15) is 4.79 Å². The third-order valence-corrected chi connectivity index (χ3v) is 4.17. The lowest BCUT2D eigenvalue weighted by atomic mass is 10.0. The van der Waals surface area contributed by atoms with E-state index in [0.29, 0.717) is 6.04 Å². The first-order valence-electron chi connectivity index (χ1n) is 6.50. The van der Waals surface area contributed by atoms with Crippen molar-refractivity contribution in [1.82, 2.24) is 4.98 Å². The van der Waals surface area contributed by atoms with Gasteiger partial charge in [0.2, 0.25) is 5.91 Å². The van der Waals surface area contributed by atoms with Crippen molar-refractivity contribution in [3.63, 3.8) is 0 Å². The number of anilines is 2. The van der Waals surface area contributed by atoms with Crippen molar-refractivity contribution in [1.29, 1.82) is 0 Å². The fraction of sp³-hybridized carbons (Fsp3) is 0.538. The molecular weight excluding hydrogens is 310 g/mol. The van der Waals surface area contributed by atoms with Crippen molar-refractivity contribution in [2.24, 2.45) is 0 Å². The van der Waals surface area contributed by atoms with Gasteiger partial charge in [0.25, 0.3) is 0 Å². The molecule has 102 valence electrons. The van der Waals surface area contributed by atoms with Crippen LogP contribution in [0.5, 0.6) is 0 Å². The number of ether oxygens (including phenoxy) is 1. The quantitative estimate of drug-likeness (QED) is 0.804. The molecule has 0 saturated carbocycles. The Morgan fingerprint density at radius 1 is 1.42 bits per heavy atom. The summed E-state index contributed by atoms with van der Waals surface area (Å²) in [5.41, 5.74) is 0.790. The van der Waals surface area contributed by atoms with E-state index in [1.807, 2.05) is 19.1 Å². The van der Waals surface area contributed by atoms with Gasteiger partial charge in [-0.1, -0.05) is 0 Å². The van der Waals surface area contributed by atoms with Crippen LogP contribution in [-0.2, 0) is 9.53 Å². The minimum Gasteiger partial charge on any atom is -0.381 e. The molecule has 0 aromatic carbocycles. The van der Waals surface area contributed by atoms with Gasteiger partial charge >= 0.3 is 0 Å². The first kappa shape index (κ1) is 12.9. The van der Waals surface area contributed by atoms with E-state index < -0.39 is 0 Å². The number of carbonyl (C=O) groups excluding carboxylic acids is 1. The van der Waals surface area contributed by atoms with Gasteiger partial charge in [-0.3, -0.25) is 4.79 Å². The number of rotatable bonds is 1. The van der Waals surface area contributed by atoms with Crippen LogP contribution < -0.4 is 10.2 Å². The minimum absolute atomic E-state index is 0.0307. The molecule has 3 heterocycles. The van der Waals surface area contributed by atoms with Gasteiger partial charge in [-0.2, -0.15) is 0 Å². The summed E-state index contributed by atoms with van der Waals surface area (Å²) >= 11 is 3.40. The van der Waals surface area contributed by atoms with Crippen molar-refractivity contribution in [3.05, 3.63) is 16.7 Å². The molecule has 0 spiro atoms. The van der Waals surface area contributed by atoms with Crippen molar-refractivity contribution in [2.45, 2.75) is 31.8 Å². The molecule has 1 aromatic rings. The summed E-state index contributed by atoms with van der Waals surface area (Å²) in [6.07, 6.45) is 1.87. The molecule has 2 aliphatic rings. The number of carbonyl (C=O) groups is 1. The molecule has 1 fully saturated rings. The number of halogens is 1. The van der Waals surface area contributed by atoms with Gasteiger partial charge in [0, 0.05) is 19.3 Å². The van der Waals surface area contributed by atoms with Crippen LogP contribution in [-0.4, -0.2) is 36.2 Å². The summed E-state index contributed by atoms with van der Waals surface area (Å²) < 4.78 is 6.19. The number of pyridine rings is 1. The van der Waals surface area contributed by atoms with Gasteiger partial charge in [0.15, 0.2) is 5.82 Å². The Hall–Kier alpha value is -1.14. The summed E-state index contributed by atoms with van der Waals surface area (Å²) in [6.45, 7) is 3.42. The Bertz CT molecular complexity index is 503. The predicted octanol–water partition coefficient (Wildman–Crippen LogP) is 2.17. The van der Waals surface area contributed by atoms with E-state index in [-0.39, 0.29) is 11.9 Å². The van der Waals surface area contributed by atoms with Crippen molar-refractivity contribution in [2.75, 3.05) is 23.4 Å². The standard InChI is InChI=1S/C13H16BrN3O2/c1-8-13(18)15-10-2-3-11(14)16-12(10)17(8)9-4-6-19-7-5-9/h2-3,8-9H,4-7H2,1H3,(H,15,18). The van der Waals surface area contributed by atoms with Crippen LogP contribution in [0.2, 0.25) is 0 Å². The van der Waals surface area contributed by atoms with E-state index in [2.05, 4.69) is 31.1 Å². The lowest BCUT2D eigenvalue weighted by molar-refractivity contribution is -0.117. The first-order chi connectivity index (χ1) is 9.16. The molecule has 3 rings (SSSR count). The maximum absolute atomic E-state index is 12.1. The maximum atomic E-state index is 12.1. The molecule has 1 unspecified atom stereocenters. The van der Waals surface area contributed by atoms with Gasteiger partial charge in [-0.25, -0.2) is 4.98 Å². The number of amides is 1. The highest BCUT2D eigenvalue weighted by molar-refractivity contribution is 9.10. The SMILES string of the molecule is CC1C(=O)Nc2ccc(Br)nc2N1C1CCOCC1. The van der Waals surface area contributed by atoms with Crippen molar-refractivity contribution < 1.29 is 9.53 Å². The molecular formula is C13H16BrN3O2. The van der Waals surface area contributed by atoms with Crippen LogP contribution in [0.15, 0.2) is 16.7 Å². The number of hydrogen-bond donors (Lipinski definition) is 1. The number of nitrogens with one attached hydrogen (secondary N) is 1. The molecule has 5 nitrogen and oxygen atoms in total. The van der Waals surface area contributed by atoms with Gasteiger partial charge in [0.05, 0.1) is 5.69 Å². The second kappa shape index (κ2) is 5.09. The third-order valence-electron chi connectivity index (χ3n) is 3.72. The van der Waals surface area contributed by atoms with Crippen LogP contribution in [0.3, 0.4) is 0 Å². The van der Waals surface area contributed by atoms with E-state index in [1.165, 1.54) is 0 Å². The molecule has 1 aromatic heterocycles. The molecule has 0 radical (unpaired) electrons. The fourth-order valence-corrected chi connectivity index (χ4v) is 3.02. The lowest BCUT2D eigenvalue weighted by Crippen LogP contribution is -2.53. The zero-order valence-corrected chi connectivity index (χ0v) is 12.3. The second-order valence-electron chi connectivity index (χ2n) is 4.92. The normalized spacial score (nSPS) is 24.0. The van der Waals surface area contributed by atoms with Crippen LogP contribution in [0.25, 0.3) is 0 Å². The monoisotopic (exact) mass is 325 g/mol. The summed E-state index contributed by atoms with van der Waals surface area (Å²) in [7, 11) is 0. The molecule has 1 N–H and O–H groups in total. The highest BCUT2D eigenvalue weighted by atomic mass is 79.9. The van der Waals surface area contributed by atoms with Gasteiger partial charge < -0.3 is 15.0 Å². The Balaban J connectivity index is 2.01. The predicted molar refractivity (Wildman–Crippen MR) is 76.3 cm³/mol. The van der Waals surface area contributed by atoms with Crippen LogP contribution in [0.4, 0.5) is 11.5 Å². The molecule has 1 saturated heterocycles. The van der Waals surface area contributed by atoms with Crippen LogP contribution in [0, 0.1) is 0 Å². The molecule has 2 aliphatic heterocycles. The molecule has 0 aliphatic carbocycles. The van der Waals surface area contributed by atoms with Gasteiger partial charge in [0.1, 0.15) is 10.6 Å². The summed E-state index contributed by atoms with van der Waals surface area (Å²) in [4.78, 5) is 18.8. The van der Waals surface area contributed by atoms with Gasteiger partial charge in [-0.15, -0.1) is 0 Å². The van der Waals surface area contributed by atoms with Gasteiger partial charge in [-0.05, 0) is 47.8 Å². The topological polar surface area (TPSA) is 54.5 Å². The number of fused-ring (bicyclic) bond motifs is 1. The zero-order chi connectivity index (χ0) is 13.4. The number of nitrogens with zero attached hydrogens (tertiary/aromatic N) is 2. The minimum atomic E-state index is -0.197. The molecule has 0 bridgehead atoms. The molecule has 1 amide bonds. The average molecular weight is 326 g/mol. The van der Waals surface area contributed by atoms with Crippen LogP contribution >= 0.6 is 15.9 Å². The highest BCUT2D eigenvalue weighted by Gasteiger charge is 2.36. The summed E-state index contributed by atoms with van der Waals surface area (Å²) in [5, 5.41) is 2.91. The maximum Gasteiger partial charge on any atom is 0.246 e. The summed E-state index contributed by atoms with van der Waals surface area (Å²) in [5.74, 6) is 0.886. The van der Waals surface area contributed by atoms with Crippen molar-refractivity contribution in [3.8, 4) is 0 Å². The first-order valence-corrected chi connectivity index (χ1v) is 7.29. The summed E-state index contributed by atoms with van der Waals surface area (Å²) in [6, 6.07) is 3.85. The van der Waals surface area contributed by atoms with Crippen LogP contribution in [0.1, 0.15) is 19.8 Å². The largest absolute Gasteiger partial charge is 0.381 e. The van der Waals surface area contributed by atoms with E-state index in [0.717, 1.165) is 42.2 Å². The molecule has 19 heavy (non-hydrogen) atoms. The Labute approximate surface area is 120 Å². The smallest absolute Gasteiger partial charge is 0.246 e. The van der Waals surface area contributed by atoms with E-state index >= 15 is 0 Å². The van der Waals surface area contributed by atoms with Crippen molar-refractivity contribution >= 4 is 33.3 Å². The number of hydrogen-bond acceptors (Lipinski definition) is 4. The molecule has 6 heteroatoms. The Kier molecular flexibility index (Phi) is 3.45. The average Bonchev–Trinajstić information content (AvgIpc) is 2.42. The third kappa shape index (κ3) is 2.34.